The minimum atomic E-state index is -1.06. The molecule has 11 N–H and O–H groups in total. The number of aryl methyl sites for hydroxylation is 1. The SMILES string of the molecule is C=Cc1ccccc1N(Cc1ccccc1CC)C(=O)CCC(=O)NCCOCCOCCOCCOCCC(=O)N[C@H](C(=O)N[C@@H](CCCNC(N)=O)C(=O)Nc1ccc(COC(=O)NC2CN(Cc3ccc(Cn4ccc5nc(N)nc(NCCCCC)c54)c(OC)c3)C2)cc1)C(C)C. The van der Waals surface area contributed by atoms with Gasteiger partial charge in [-0.15, -0.1) is 0 Å². The van der Waals surface area contributed by atoms with E-state index < -0.39 is 41.9 Å². The first-order valence-electron chi connectivity index (χ1n) is 34.8. The molecule has 0 unspecified atom stereocenters. The quantitative estimate of drug-likeness (QED) is 0.0166. The topological polar surface area (TPSA) is 348 Å². The number of nitrogens with zero attached hydrogens (tertiary/aromatic N) is 5. The summed E-state index contributed by atoms with van der Waals surface area (Å²) in [6.07, 6.45) is 7.71. The van der Waals surface area contributed by atoms with E-state index >= 15 is 0 Å². The lowest BCUT2D eigenvalue weighted by Gasteiger charge is -2.39. The smallest absolute Gasteiger partial charge is 0.407 e. The molecule has 27 nitrogen and oxygen atoms in total. The molecule has 2 atom stereocenters. The predicted octanol–water partition coefficient (Wildman–Crippen LogP) is 7.59. The molecule has 6 aromatic rings. The number of primary amides is 1. The Morgan fingerprint density at radius 3 is 2.09 bits per heavy atom. The molecule has 1 saturated heterocycles. The van der Waals surface area contributed by atoms with Crippen molar-refractivity contribution in [3.8, 4) is 5.75 Å². The Kier molecular flexibility index (Phi) is 33.1. The fraction of sp³-hybridized carbons (Fsp3) is 0.473. The number of para-hydroxylation sites is 1. The summed E-state index contributed by atoms with van der Waals surface area (Å²) < 4.78 is 35.9. The van der Waals surface area contributed by atoms with Gasteiger partial charge in [-0.1, -0.05) is 120 Å². The van der Waals surface area contributed by atoms with Crippen LogP contribution >= 0.6 is 0 Å². The lowest BCUT2D eigenvalue weighted by molar-refractivity contribution is -0.132. The van der Waals surface area contributed by atoms with Gasteiger partial charge in [0.25, 0.3) is 0 Å². The van der Waals surface area contributed by atoms with Crippen molar-refractivity contribution in [3.05, 3.63) is 143 Å². The number of carbonyl (C=O) groups is 7. The minimum absolute atomic E-state index is 0.0183. The molecule has 0 saturated carbocycles. The maximum Gasteiger partial charge on any atom is 0.407 e. The number of likely N-dealkylation sites (tertiary alicyclic amines) is 1. The average Bonchev–Trinajstić information content (AvgIpc) is 1.68. The third-order valence-corrected chi connectivity index (χ3v) is 16.8. The van der Waals surface area contributed by atoms with E-state index in [9.17, 15) is 33.6 Å². The van der Waals surface area contributed by atoms with Crippen LogP contribution in [0.3, 0.4) is 0 Å². The van der Waals surface area contributed by atoms with Crippen LogP contribution in [0.25, 0.3) is 17.1 Å². The van der Waals surface area contributed by atoms with E-state index in [0.29, 0.717) is 82.6 Å². The van der Waals surface area contributed by atoms with Crippen molar-refractivity contribution < 1.29 is 62.0 Å². The Hall–Kier alpha value is -9.67. The first kappa shape index (κ1) is 78.7. The van der Waals surface area contributed by atoms with Crippen LogP contribution in [0.5, 0.6) is 5.75 Å². The maximum absolute atomic E-state index is 13.8. The standard InChI is InChI=1S/C74H102N14O13/c1-7-10-15-32-78-69-68-60(83-72(75)85-69)30-35-87(68)46-57-25-22-53(44-63(57)96-6)45-86-48-59(49-86)81-74(95)101-50-52-23-26-58(27-24-52)80-70(92)61(20-16-33-79-73(76)94)82-71(93)67(51(4)5)84-65(90)31-36-97-38-40-99-42-43-100-41-39-98-37-34-77-64(89)28-29-66(91)88(62-21-14-13-18-55(62)9-3)47-56-19-12-11-17-54(56)8-2/h9,11-14,17-19,21-27,30,35,44,51,59,61,67H,3,7-8,10,15-16,20,28-29,31-34,36-43,45-50H2,1-2,4-6H3,(H,77,89)(H,80,92)(H,81,95)(H,82,93)(H,84,90)(H3,76,79,94)(H3,75,78,83,85)/t61-,67-/m0/s1. The summed E-state index contributed by atoms with van der Waals surface area (Å²) >= 11 is 0. The maximum atomic E-state index is 13.8. The van der Waals surface area contributed by atoms with Crippen LogP contribution in [0.4, 0.5) is 32.7 Å². The van der Waals surface area contributed by atoms with Crippen LogP contribution < -0.4 is 58.3 Å². The number of nitrogen functional groups attached to an aromatic ring is 1. The van der Waals surface area contributed by atoms with Crippen molar-refractivity contribution in [3.63, 3.8) is 0 Å². The van der Waals surface area contributed by atoms with Gasteiger partial charge < -0.3 is 86.6 Å². The Morgan fingerprint density at radius 1 is 0.703 bits per heavy atom. The van der Waals surface area contributed by atoms with Gasteiger partial charge in [-0.05, 0) is 89.8 Å². The molecule has 27 heteroatoms. The van der Waals surface area contributed by atoms with E-state index in [1.54, 1.807) is 56.2 Å². The number of rotatable bonds is 46. The molecule has 7 rings (SSSR count). The van der Waals surface area contributed by atoms with Crippen LogP contribution in [0, 0.1) is 5.92 Å². The molecule has 2 aromatic heterocycles. The monoisotopic (exact) mass is 1390 g/mol. The van der Waals surface area contributed by atoms with E-state index in [1.165, 1.54) is 0 Å². The number of anilines is 4. The second-order valence-electron chi connectivity index (χ2n) is 24.9. The highest BCUT2D eigenvalue weighted by atomic mass is 16.6. The van der Waals surface area contributed by atoms with Gasteiger partial charge >= 0.3 is 12.1 Å². The van der Waals surface area contributed by atoms with Gasteiger partial charge in [-0.3, -0.25) is 28.9 Å². The largest absolute Gasteiger partial charge is 0.496 e. The third-order valence-electron chi connectivity index (χ3n) is 16.8. The highest BCUT2D eigenvalue weighted by molar-refractivity contribution is 5.99. The number of nitrogens with two attached hydrogens (primary N) is 2. The van der Waals surface area contributed by atoms with Gasteiger partial charge in [-0.25, -0.2) is 14.6 Å². The average molecular weight is 1400 g/mol. The second kappa shape index (κ2) is 42.4. The Morgan fingerprint density at radius 2 is 1.40 bits per heavy atom. The van der Waals surface area contributed by atoms with E-state index in [2.05, 4.69) is 95.3 Å². The number of methoxy groups -OCH3 is 1. The van der Waals surface area contributed by atoms with Gasteiger partial charge in [0.05, 0.1) is 90.3 Å². The summed E-state index contributed by atoms with van der Waals surface area (Å²) in [5, 5.41) is 20.1. The molecule has 0 bridgehead atoms. The van der Waals surface area contributed by atoms with Crippen molar-refractivity contribution in [2.24, 2.45) is 11.7 Å². The van der Waals surface area contributed by atoms with Crippen LogP contribution in [0.15, 0.2) is 110 Å². The van der Waals surface area contributed by atoms with E-state index in [-0.39, 0.29) is 102 Å². The molecule has 546 valence electrons. The van der Waals surface area contributed by atoms with Crippen molar-refractivity contribution >= 4 is 81.9 Å². The van der Waals surface area contributed by atoms with Crippen LogP contribution in [-0.4, -0.2) is 172 Å². The van der Waals surface area contributed by atoms with Gasteiger partial charge in [0, 0.05) is 76.0 Å². The molecular formula is C74H102N14O13. The number of urea groups is 1. The van der Waals surface area contributed by atoms with Gasteiger partial charge in [0.2, 0.25) is 35.5 Å². The highest BCUT2D eigenvalue weighted by Crippen LogP contribution is 2.30. The van der Waals surface area contributed by atoms with E-state index in [0.717, 1.165) is 82.5 Å². The van der Waals surface area contributed by atoms with Crippen molar-refractivity contribution in [1.82, 2.24) is 46.0 Å². The molecule has 0 radical (unpaired) electrons. The van der Waals surface area contributed by atoms with Gasteiger partial charge in [-0.2, -0.15) is 4.98 Å². The summed E-state index contributed by atoms with van der Waals surface area (Å²) in [5.74, 6) is -0.595. The number of nitrogens with one attached hydrogen (secondary N) is 7. The molecule has 0 aliphatic carbocycles. The van der Waals surface area contributed by atoms with E-state index in [1.807, 2.05) is 60.8 Å². The first-order chi connectivity index (χ1) is 48.9. The Labute approximate surface area is 591 Å². The lowest BCUT2D eigenvalue weighted by atomic mass is 10.0. The number of amides is 8. The molecule has 101 heavy (non-hydrogen) atoms. The predicted molar refractivity (Wildman–Crippen MR) is 389 cm³/mol. The fourth-order valence-electron chi connectivity index (χ4n) is 11.4. The van der Waals surface area contributed by atoms with Crippen molar-refractivity contribution in [1.29, 1.82) is 0 Å². The summed E-state index contributed by atoms with van der Waals surface area (Å²) in [6, 6.07) is 27.6. The molecular weight excluding hydrogens is 1290 g/mol. The van der Waals surface area contributed by atoms with E-state index in [4.69, 9.17) is 39.9 Å². The summed E-state index contributed by atoms with van der Waals surface area (Å²) in [4.78, 5) is 104. The zero-order valence-electron chi connectivity index (χ0n) is 59.0. The first-order valence-corrected chi connectivity index (χ1v) is 34.8. The van der Waals surface area contributed by atoms with Crippen molar-refractivity contribution in [2.75, 3.05) is 114 Å². The molecule has 8 amide bonds. The number of benzene rings is 4. The molecule has 0 spiro atoms. The zero-order chi connectivity index (χ0) is 72.3. The van der Waals surface area contributed by atoms with Crippen molar-refractivity contribution in [2.45, 2.75) is 130 Å². The number of alkyl carbamates (subject to hydrolysis) is 1. The molecule has 4 aromatic carbocycles. The third kappa shape index (κ3) is 26.4. The summed E-state index contributed by atoms with van der Waals surface area (Å²) in [7, 11) is 1.66. The second-order valence-corrected chi connectivity index (χ2v) is 24.9. The Bertz CT molecular complexity index is 3640. The molecule has 1 fully saturated rings. The fourth-order valence-corrected chi connectivity index (χ4v) is 11.4. The normalized spacial score (nSPS) is 12.8. The minimum Gasteiger partial charge on any atom is -0.496 e. The van der Waals surface area contributed by atoms with Gasteiger partial charge in [0.1, 0.15) is 30.0 Å². The molecule has 1 aliphatic rings. The van der Waals surface area contributed by atoms with Crippen LogP contribution in [0.1, 0.15) is 112 Å². The Balaban J connectivity index is 0.730. The number of unbranched alkanes of at least 4 members (excludes halogenated alkanes) is 2. The number of ether oxygens (including phenoxy) is 6. The zero-order valence-corrected chi connectivity index (χ0v) is 59.0. The summed E-state index contributed by atoms with van der Waals surface area (Å²) in [6.45, 7) is 17.8. The number of hydrogen-bond donors (Lipinski definition) is 9. The number of aromatic nitrogens is 3. The summed E-state index contributed by atoms with van der Waals surface area (Å²) in [5.41, 5.74) is 19.9. The number of hydrogen-bond acceptors (Lipinski definition) is 18. The van der Waals surface area contributed by atoms with Gasteiger partial charge in [0.15, 0.2) is 5.82 Å². The molecule has 1 aliphatic heterocycles. The van der Waals surface area contributed by atoms with Crippen LogP contribution in [-0.2, 0) is 80.3 Å². The highest BCUT2D eigenvalue weighted by Gasteiger charge is 2.31. The number of fused-ring (bicyclic) bond motifs is 1. The lowest BCUT2D eigenvalue weighted by Crippen LogP contribution is -2.58. The number of carbonyl (C=O) groups excluding carboxylic acids is 7. The molecule has 3 heterocycles. The van der Waals surface area contributed by atoms with Crippen LogP contribution in [0.2, 0.25) is 0 Å².